The maximum Gasteiger partial charge on any atom is 0.336 e. The van der Waals surface area contributed by atoms with Crippen molar-refractivity contribution in [3.8, 4) is 0 Å². The third kappa shape index (κ3) is 4.19. The highest BCUT2D eigenvalue weighted by atomic mass is 19.1. The topological polar surface area (TPSA) is 104 Å². The molecule has 0 aliphatic rings. The standard InChI is InChI=1S/C7H8FN3O4.C2H6.2H2/c8-4-3-11(6(14)9-1-2-12)7(15)10-5(4)13;1-2;;/h3,12H,1-2H2,(H,9,14)(H,10,13,15);1-2H3;2*1H. The summed E-state index contributed by atoms with van der Waals surface area (Å²) in [5, 5.41) is 10.5. The number of amides is 1. The Morgan fingerprint density at radius 2 is 2.18 bits per heavy atom. The quantitative estimate of drug-likeness (QED) is 0.673. The van der Waals surface area contributed by atoms with Crippen LogP contribution in [-0.2, 0) is 0 Å². The number of H-pyrrole nitrogens is 1. The number of aromatic nitrogens is 2. The molecular formula is C9H18FN3O4. The van der Waals surface area contributed by atoms with Crippen molar-refractivity contribution in [2.24, 2.45) is 0 Å². The number of aliphatic hydroxyl groups excluding tert-OH is 1. The third-order valence-electron chi connectivity index (χ3n) is 1.51. The van der Waals surface area contributed by atoms with Crippen LogP contribution in [0.4, 0.5) is 9.18 Å². The number of nitrogens with one attached hydrogen (secondary N) is 2. The van der Waals surface area contributed by atoms with Crippen LogP contribution >= 0.6 is 0 Å². The summed E-state index contributed by atoms with van der Waals surface area (Å²) in [6.45, 7) is 3.61. The normalized spacial score (nSPS) is 9.18. The van der Waals surface area contributed by atoms with Crippen LogP contribution < -0.4 is 16.6 Å². The Kier molecular flexibility index (Phi) is 6.49. The van der Waals surface area contributed by atoms with E-state index in [1.807, 2.05) is 13.8 Å². The molecular weight excluding hydrogens is 233 g/mol. The average molecular weight is 251 g/mol. The van der Waals surface area contributed by atoms with Gasteiger partial charge in [0.1, 0.15) is 0 Å². The van der Waals surface area contributed by atoms with Gasteiger partial charge in [-0.3, -0.25) is 9.78 Å². The summed E-state index contributed by atoms with van der Waals surface area (Å²) in [7, 11) is 0. The highest BCUT2D eigenvalue weighted by Gasteiger charge is 2.09. The summed E-state index contributed by atoms with van der Waals surface area (Å²) in [5.74, 6) is -1.24. The first kappa shape index (κ1) is 15.0. The van der Waals surface area contributed by atoms with Gasteiger partial charge in [0.05, 0.1) is 12.8 Å². The Bertz CT molecular complexity index is 489. The minimum Gasteiger partial charge on any atom is -0.395 e. The molecule has 0 aliphatic heterocycles. The van der Waals surface area contributed by atoms with E-state index in [9.17, 15) is 18.8 Å². The highest BCUT2D eigenvalue weighted by Crippen LogP contribution is 1.83. The van der Waals surface area contributed by atoms with Crippen molar-refractivity contribution in [2.75, 3.05) is 13.2 Å². The van der Waals surface area contributed by atoms with E-state index in [-0.39, 0.29) is 16.0 Å². The predicted octanol–water partition coefficient (Wildman–Crippen LogP) is -0.256. The number of carbonyl (C=O) groups excluding carboxylic acids is 1. The molecule has 3 N–H and O–H groups in total. The zero-order chi connectivity index (χ0) is 13.4. The molecule has 7 nitrogen and oxygen atoms in total. The van der Waals surface area contributed by atoms with Crippen molar-refractivity contribution in [3.05, 3.63) is 32.9 Å². The monoisotopic (exact) mass is 251 g/mol. The number of nitrogens with zero attached hydrogens (tertiary/aromatic N) is 1. The largest absolute Gasteiger partial charge is 0.395 e. The van der Waals surface area contributed by atoms with Crippen LogP contribution in [0.2, 0.25) is 0 Å². The minimum atomic E-state index is -1.24. The lowest BCUT2D eigenvalue weighted by Gasteiger charge is -2.04. The van der Waals surface area contributed by atoms with Crippen LogP contribution in [-0.4, -0.2) is 33.8 Å². The van der Waals surface area contributed by atoms with Gasteiger partial charge >= 0.3 is 11.7 Å². The molecule has 0 aromatic carbocycles. The van der Waals surface area contributed by atoms with E-state index < -0.39 is 23.1 Å². The Hall–Kier alpha value is -1.96. The molecule has 8 heteroatoms. The van der Waals surface area contributed by atoms with Crippen molar-refractivity contribution in [3.63, 3.8) is 0 Å². The number of carbonyl (C=O) groups is 1. The first-order valence-electron chi connectivity index (χ1n) is 4.97. The minimum absolute atomic E-state index is 0. The van der Waals surface area contributed by atoms with Crippen molar-refractivity contribution < 1.29 is 17.1 Å². The molecule has 0 saturated heterocycles. The SMILES string of the molecule is CC.O=C(NCCO)n1cc(F)c(=O)[nH]c1=O.[HH].[HH]. The van der Waals surface area contributed by atoms with Gasteiger partial charge in [0.25, 0.3) is 5.56 Å². The second-order valence-electron chi connectivity index (χ2n) is 2.56. The van der Waals surface area contributed by atoms with Gasteiger partial charge in [-0.2, -0.15) is 4.39 Å². The molecule has 0 atom stereocenters. The number of rotatable bonds is 2. The zero-order valence-electron chi connectivity index (χ0n) is 9.49. The molecule has 0 spiro atoms. The molecule has 100 valence electrons. The van der Waals surface area contributed by atoms with Crippen LogP contribution in [0.15, 0.2) is 15.8 Å². The molecule has 1 heterocycles. The molecule has 1 aromatic rings. The molecule has 0 unspecified atom stereocenters. The average Bonchev–Trinajstić information content (AvgIpc) is 2.33. The predicted molar refractivity (Wildman–Crippen MR) is 62.7 cm³/mol. The Balaban J connectivity index is -0.000000609. The Morgan fingerprint density at radius 1 is 1.59 bits per heavy atom. The highest BCUT2D eigenvalue weighted by molar-refractivity contribution is 5.76. The second-order valence-corrected chi connectivity index (χ2v) is 2.56. The van der Waals surface area contributed by atoms with Gasteiger partial charge in [-0.15, -0.1) is 0 Å². The zero-order valence-corrected chi connectivity index (χ0v) is 9.49. The molecule has 17 heavy (non-hydrogen) atoms. The number of hydrogen-bond acceptors (Lipinski definition) is 4. The second kappa shape index (κ2) is 7.34. The summed E-state index contributed by atoms with van der Waals surface area (Å²) in [6, 6.07) is -0.927. The number of halogens is 1. The van der Waals surface area contributed by atoms with Crippen molar-refractivity contribution >= 4 is 6.03 Å². The molecule has 0 bridgehead atoms. The van der Waals surface area contributed by atoms with E-state index >= 15 is 0 Å². The van der Waals surface area contributed by atoms with Crippen molar-refractivity contribution in [2.45, 2.75) is 13.8 Å². The van der Waals surface area contributed by atoms with Crippen molar-refractivity contribution in [1.29, 1.82) is 0 Å². The molecule has 1 aromatic heterocycles. The van der Waals surface area contributed by atoms with E-state index in [1.54, 1.807) is 4.98 Å². The van der Waals surface area contributed by atoms with E-state index in [1.165, 1.54) is 0 Å². The molecule has 1 rings (SSSR count). The number of aromatic amines is 1. The Morgan fingerprint density at radius 3 is 2.71 bits per heavy atom. The maximum atomic E-state index is 12.7. The van der Waals surface area contributed by atoms with Gasteiger partial charge in [0.15, 0.2) is 0 Å². The lowest BCUT2D eigenvalue weighted by atomic mass is 10.6. The van der Waals surface area contributed by atoms with E-state index in [2.05, 4.69) is 5.32 Å². The van der Waals surface area contributed by atoms with Gasteiger partial charge in [-0.1, -0.05) is 13.8 Å². The summed E-state index contributed by atoms with van der Waals surface area (Å²) < 4.78 is 13.1. The van der Waals surface area contributed by atoms with Crippen LogP contribution in [0.3, 0.4) is 0 Å². The third-order valence-corrected chi connectivity index (χ3v) is 1.51. The van der Waals surface area contributed by atoms with Crippen LogP contribution in [0.5, 0.6) is 0 Å². The molecule has 0 fully saturated rings. The Labute approximate surface area is 98.9 Å². The fourth-order valence-corrected chi connectivity index (χ4v) is 0.847. The summed E-state index contributed by atoms with van der Waals surface area (Å²) in [6.07, 6.45) is 0.480. The molecule has 0 radical (unpaired) electrons. The molecule has 0 saturated carbocycles. The van der Waals surface area contributed by atoms with Crippen LogP contribution in [0.25, 0.3) is 0 Å². The molecule has 1 amide bonds. The smallest absolute Gasteiger partial charge is 0.336 e. The summed E-state index contributed by atoms with van der Waals surface area (Å²) in [4.78, 5) is 34.4. The van der Waals surface area contributed by atoms with Crippen LogP contribution in [0, 0.1) is 5.82 Å². The van der Waals surface area contributed by atoms with Crippen molar-refractivity contribution in [1.82, 2.24) is 14.9 Å². The van der Waals surface area contributed by atoms with E-state index in [0.29, 0.717) is 10.8 Å². The van der Waals surface area contributed by atoms with E-state index in [0.717, 1.165) is 0 Å². The van der Waals surface area contributed by atoms with Gasteiger partial charge in [-0.25, -0.2) is 14.2 Å². The fraction of sp³-hybridized carbons (Fsp3) is 0.444. The first-order chi connectivity index (χ1) is 8.06. The van der Waals surface area contributed by atoms with E-state index in [4.69, 9.17) is 5.11 Å². The lowest BCUT2D eigenvalue weighted by Crippen LogP contribution is -2.41. The fourth-order valence-electron chi connectivity index (χ4n) is 0.847. The van der Waals surface area contributed by atoms with Gasteiger partial charge in [0.2, 0.25) is 5.82 Å². The maximum absolute atomic E-state index is 12.7. The van der Waals surface area contributed by atoms with Gasteiger partial charge < -0.3 is 10.4 Å². The summed E-state index contributed by atoms with van der Waals surface area (Å²) in [5.41, 5.74) is -2.23. The van der Waals surface area contributed by atoms with Gasteiger partial charge in [-0.05, 0) is 0 Å². The lowest BCUT2D eigenvalue weighted by molar-refractivity contribution is 0.234. The number of hydrogen-bond donors (Lipinski definition) is 3. The summed E-state index contributed by atoms with van der Waals surface area (Å²) >= 11 is 0. The van der Waals surface area contributed by atoms with Crippen LogP contribution in [0.1, 0.15) is 16.7 Å². The van der Waals surface area contributed by atoms with Gasteiger partial charge in [0, 0.05) is 9.40 Å². The first-order valence-corrected chi connectivity index (χ1v) is 4.97. The number of aliphatic hydroxyl groups is 1. The molecule has 0 aliphatic carbocycles.